The number of nitrogens with zero attached hydrogens (tertiary/aromatic N) is 2. The first-order valence-corrected chi connectivity index (χ1v) is 6.69. The molecule has 0 saturated carbocycles. The third-order valence-corrected chi connectivity index (χ3v) is 3.84. The fraction of sp³-hybridized carbons (Fsp3) is 0.0769. The number of fused-ring (bicyclic) bond motifs is 1. The first kappa shape index (κ1) is 12.5. The molecule has 4 N–H and O–H groups in total. The third-order valence-electron chi connectivity index (χ3n) is 3.03. The van der Waals surface area contributed by atoms with Crippen LogP contribution in [0.25, 0.3) is 16.5 Å². The van der Waals surface area contributed by atoms with Crippen LogP contribution in [0.4, 0.5) is 10.8 Å². The van der Waals surface area contributed by atoms with Crippen LogP contribution in [-0.2, 0) is 0 Å². The molecule has 0 radical (unpaired) electrons. The normalized spacial score (nSPS) is 10.8. The summed E-state index contributed by atoms with van der Waals surface area (Å²) in [4.78, 5) is 12.5. The number of hydrogen-bond donors (Lipinski definition) is 2. The van der Waals surface area contributed by atoms with Gasteiger partial charge in [-0.05, 0) is 24.3 Å². The number of rotatable bonds is 2. The van der Waals surface area contributed by atoms with Gasteiger partial charge in [0.25, 0.3) is 5.56 Å². The highest BCUT2D eigenvalue weighted by molar-refractivity contribution is 7.15. The van der Waals surface area contributed by atoms with Gasteiger partial charge < -0.3 is 16.2 Å². The topological polar surface area (TPSA) is 96.2 Å². The molecule has 0 aliphatic carbocycles. The van der Waals surface area contributed by atoms with Gasteiger partial charge in [0.05, 0.1) is 23.2 Å². The van der Waals surface area contributed by atoms with E-state index < -0.39 is 0 Å². The van der Waals surface area contributed by atoms with Gasteiger partial charge >= 0.3 is 0 Å². The maximum Gasteiger partial charge on any atom is 0.282 e. The summed E-state index contributed by atoms with van der Waals surface area (Å²) in [6, 6.07) is 6.98. The van der Waals surface area contributed by atoms with Crippen LogP contribution in [0.5, 0.6) is 5.75 Å². The van der Waals surface area contributed by atoms with Gasteiger partial charge in [0.15, 0.2) is 5.82 Å². The zero-order valence-corrected chi connectivity index (χ0v) is 11.5. The fourth-order valence-corrected chi connectivity index (χ4v) is 2.79. The number of aromatic nitrogens is 2. The van der Waals surface area contributed by atoms with Crippen LogP contribution in [0.15, 0.2) is 34.4 Å². The number of nitrogens with two attached hydrogens (primary N) is 2. The Morgan fingerprint density at radius 1 is 1.25 bits per heavy atom. The Kier molecular flexibility index (Phi) is 2.83. The van der Waals surface area contributed by atoms with Gasteiger partial charge in [-0.2, -0.15) is 4.68 Å². The zero-order valence-electron chi connectivity index (χ0n) is 10.7. The standard InChI is InChI=1S/C13H12N4O2S/c1-19-8-4-2-7(3-5-8)17-13(18)10-9(11(14)16-17)6-20-12(10)15/h2-6H,15H2,1H3,(H2,14,16). The predicted octanol–water partition coefficient (Wildman–Crippen LogP) is 1.62. The molecule has 2 aromatic heterocycles. The van der Waals surface area contributed by atoms with Gasteiger partial charge in [-0.15, -0.1) is 16.4 Å². The SMILES string of the molecule is COc1ccc(-n2nc(N)c3csc(N)c3c2=O)cc1. The molecule has 102 valence electrons. The molecule has 0 atom stereocenters. The van der Waals surface area contributed by atoms with Crippen molar-refractivity contribution in [2.24, 2.45) is 0 Å². The van der Waals surface area contributed by atoms with Crippen LogP contribution >= 0.6 is 11.3 Å². The molecule has 1 aromatic carbocycles. The van der Waals surface area contributed by atoms with E-state index in [0.717, 1.165) is 0 Å². The molecular formula is C13H12N4O2S. The molecule has 2 heterocycles. The number of anilines is 2. The minimum Gasteiger partial charge on any atom is -0.497 e. The van der Waals surface area contributed by atoms with Crippen molar-refractivity contribution in [3.63, 3.8) is 0 Å². The Bertz CT molecular complexity index is 836. The summed E-state index contributed by atoms with van der Waals surface area (Å²) >= 11 is 1.28. The second kappa shape index (κ2) is 4.53. The minimum absolute atomic E-state index is 0.280. The molecule has 0 saturated heterocycles. The van der Waals surface area contributed by atoms with Gasteiger partial charge in [0.2, 0.25) is 0 Å². The Hall–Kier alpha value is -2.54. The van der Waals surface area contributed by atoms with Crippen molar-refractivity contribution in [3.05, 3.63) is 40.0 Å². The largest absolute Gasteiger partial charge is 0.497 e. The van der Waals surface area contributed by atoms with Crippen molar-refractivity contribution in [1.29, 1.82) is 0 Å². The van der Waals surface area contributed by atoms with E-state index in [1.807, 2.05) is 0 Å². The van der Waals surface area contributed by atoms with Crippen LogP contribution in [0, 0.1) is 0 Å². The van der Waals surface area contributed by atoms with E-state index in [0.29, 0.717) is 27.2 Å². The van der Waals surface area contributed by atoms with Crippen LogP contribution < -0.4 is 21.8 Å². The second-order valence-corrected chi connectivity index (χ2v) is 5.10. The maximum absolute atomic E-state index is 12.5. The lowest BCUT2D eigenvalue weighted by Crippen LogP contribution is -2.22. The lowest BCUT2D eigenvalue weighted by Gasteiger charge is -2.07. The molecule has 0 fully saturated rings. The smallest absolute Gasteiger partial charge is 0.282 e. The number of methoxy groups -OCH3 is 1. The summed E-state index contributed by atoms with van der Waals surface area (Å²) in [6.45, 7) is 0. The van der Waals surface area contributed by atoms with Crippen LogP contribution in [0.2, 0.25) is 0 Å². The number of nitrogen functional groups attached to an aromatic ring is 2. The van der Waals surface area contributed by atoms with Crippen LogP contribution in [0.3, 0.4) is 0 Å². The van der Waals surface area contributed by atoms with E-state index in [1.54, 1.807) is 36.8 Å². The minimum atomic E-state index is -0.280. The summed E-state index contributed by atoms with van der Waals surface area (Å²) in [5.41, 5.74) is 12.1. The fourth-order valence-electron chi connectivity index (χ4n) is 1.99. The van der Waals surface area contributed by atoms with Crippen molar-refractivity contribution in [2.75, 3.05) is 18.6 Å². The molecule has 0 amide bonds. The zero-order chi connectivity index (χ0) is 14.3. The van der Waals surface area contributed by atoms with Gasteiger partial charge in [-0.1, -0.05) is 0 Å². The van der Waals surface area contributed by atoms with Gasteiger partial charge in [-0.3, -0.25) is 4.79 Å². The Labute approximate surface area is 118 Å². The van der Waals surface area contributed by atoms with E-state index in [4.69, 9.17) is 16.2 Å². The van der Waals surface area contributed by atoms with E-state index in [2.05, 4.69) is 5.10 Å². The highest BCUT2D eigenvalue weighted by atomic mass is 32.1. The summed E-state index contributed by atoms with van der Waals surface area (Å²) in [5.74, 6) is 0.981. The molecule has 20 heavy (non-hydrogen) atoms. The maximum atomic E-state index is 12.5. The van der Waals surface area contributed by atoms with Gasteiger partial charge in [-0.25, -0.2) is 0 Å². The van der Waals surface area contributed by atoms with E-state index in [9.17, 15) is 4.79 Å². The van der Waals surface area contributed by atoms with E-state index in [-0.39, 0.29) is 11.4 Å². The first-order chi connectivity index (χ1) is 9.61. The van der Waals surface area contributed by atoms with Crippen LogP contribution in [0.1, 0.15) is 0 Å². The summed E-state index contributed by atoms with van der Waals surface area (Å²) in [7, 11) is 1.58. The first-order valence-electron chi connectivity index (χ1n) is 5.81. The summed E-state index contributed by atoms with van der Waals surface area (Å²) in [6.07, 6.45) is 0. The molecule has 6 nitrogen and oxygen atoms in total. The lowest BCUT2D eigenvalue weighted by molar-refractivity contribution is 0.414. The summed E-state index contributed by atoms with van der Waals surface area (Å²) in [5, 5.41) is 7.34. The average Bonchev–Trinajstić information content (AvgIpc) is 2.86. The second-order valence-electron chi connectivity index (χ2n) is 4.19. The highest BCUT2D eigenvalue weighted by Gasteiger charge is 2.14. The number of thiophene rings is 1. The molecule has 7 heteroatoms. The third kappa shape index (κ3) is 1.79. The predicted molar refractivity (Wildman–Crippen MR) is 80.6 cm³/mol. The van der Waals surface area contributed by atoms with Gasteiger partial charge in [0.1, 0.15) is 5.75 Å². The highest BCUT2D eigenvalue weighted by Crippen LogP contribution is 2.28. The molecular weight excluding hydrogens is 276 g/mol. The number of ether oxygens (including phenoxy) is 1. The quantitative estimate of drug-likeness (QED) is 0.747. The van der Waals surface area contributed by atoms with Crippen LogP contribution in [-0.4, -0.2) is 16.9 Å². The molecule has 0 aliphatic heterocycles. The van der Waals surface area contributed by atoms with Crippen molar-refractivity contribution in [3.8, 4) is 11.4 Å². The van der Waals surface area contributed by atoms with Crippen molar-refractivity contribution in [2.45, 2.75) is 0 Å². The number of hydrogen-bond acceptors (Lipinski definition) is 6. The van der Waals surface area contributed by atoms with E-state index in [1.165, 1.54) is 16.0 Å². The summed E-state index contributed by atoms with van der Waals surface area (Å²) < 4.78 is 6.34. The van der Waals surface area contributed by atoms with Gasteiger partial charge in [0, 0.05) is 10.8 Å². The van der Waals surface area contributed by atoms with Crippen molar-refractivity contribution < 1.29 is 4.74 Å². The Balaban J connectivity index is 2.27. The Morgan fingerprint density at radius 2 is 1.95 bits per heavy atom. The number of benzene rings is 1. The van der Waals surface area contributed by atoms with Crippen molar-refractivity contribution >= 4 is 32.9 Å². The lowest BCUT2D eigenvalue weighted by atomic mass is 10.2. The Morgan fingerprint density at radius 3 is 2.60 bits per heavy atom. The average molecular weight is 288 g/mol. The molecule has 3 aromatic rings. The molecule has 0 aliphatic rings. The molecule has 0 unspecified atom stereocenters. The molecule has 3 rings (SSSR count). The van der Waals surface area contributed by atoms with E-state index >= 15 is 0 Å². The van der Waals surface area contributed by atoms with Crippen molar-refractivity contribution in [1.82, 2.24) is 9.78 Å². The monoisotopic (exact) mass is 288 g/mol. The molecule has 0 bridgehead atoms. The molecule has 0 spiro atoms.